The standard InChI is InChI=1S/C21H25F2N5O/c1-15-6-8-26(9-7-15)19-4-5-20(25-24-19)27-10-12-28(13-11-27)21(29)16-2-3-17(22)18(23)14-16/h2-5,14-15H,6-13H2,1H3. The van der Waals surface area contributed by atoms with E-state index in [1.54, 1.807) is 4.90 Å². The molecule has 1 amide bonds. The van der Waals surface area contributed by atoms with Crippen molar-refractivity contribution in [3.8, 4) is 0 Å². The number of anilines is 2. The first-order valence-corrected chi connectivity index (χ1v) is 10.1. The Balaban J connectivity index is 1.34. The zero-order chi connectivity index (χ0) is 20.4. The fourth-order valence-electron chi connectivity index (χ4n) is 3.84. The van der Waals surface area contributed by atoms with E-state index in [2.05, 4.69) is 26.9 Å². The largest absolute Gasteiger partial charge is 0.355 e. The number of carbonyl (C=O) groups excluding carboxylic acids is 1. The molecule has 2 aliphatic heterocycles. The number of nitrogens with zero attached hydrogens (tertiary/aromatic N) is 5. The van der Waals surface area contributed by atoms with Crippen LogP contribution in [-0.4, -0.2) is 60.3 Å². The summed E-state index contributed by atoms with van der Waals surface area (Å²) in [6.07, 6.45) is 2.36. The van der Waals surface area contributed by atoms with Gasteiger partial charge in [-0.15, -0.1) is 10.2 Å². The SMILES string of the molecule is CC1CCN(c2ccc(N3CCN(C(=O)c4ccc(F)c(F)c4)CC3)nn2)CC1. The lowest BCUT2D eigenvalue weighted by Gasteiger charge is -2.35. The van der Waals surface area contributed by atoms with E-state index in [9.17, 15) is 13.6 Å². The Labute approximate surface area is 169 Å². The molecule has 0 bridgehead atoms. The zero-order valence-corrected chi connectivity index (χ0v) is 16.5. The van der Waals surface area contributed by atoms with Gasteiger partial charge < -0.3 is 14.7 Å². The van der Waals surface area contributed by atoms with Crippen molar-refractivity contribution in [1.82, 2.24) is 15.1 Å². The molecule has 0 unspecified atom stereocenters. The van der Waals surface area contributed by atoms with Gasteiger partial charge in [-0.3, -0.25) is 4.79 Å². The molecule has 6 nitrogen and oxygen atoms in total. The number of carbonyl (C=O) groups is 1. The van der Waals surface area contributed by atoms with Gasteiger partial charge in [0.05, 0.1) is 0 Å². The molecule has 1 aromatic carbocycles. The third-order valence-corrected chi connectivity index (χ3v) is 5.80. The molecular formula is C21H25F2N5O. The fraction of sp³-hybridized carbons (Fsp3) is 0.476. The second-order valence-electron chi connectivity index (χ2n) is 7.83. The average Bonchev–Trinajstić information content (AvgIpc) is 2.76. The van der Waals surface area contributed by atoms with Crippen molar-refractivity contribution in [3.05, 3.63) is 47.5 Å². The lowest BCUT2D eigenvalue weighted by atomic mass is 9.99. The smallest absolute Gasteiger partial charge is 0.254 e. The van der Waals surface area contributed by atoms with Crippen LogP contribution in [0.3, 0.4) is 0 Å². The van der Waals surface area contributed by atoms with Crippen molar-refractivity contribution in [1.29, 1.82) is 0 Å². The summed E-state index contributed by atoms with van der Waals surface area (Å²) in [5, 5.41) is 8.78. The minimum Gasteiger partial charge on any atom is -0.355 e. The summed E-state index contributed by atoms with van der Waals surface area (Å²) < 4.78 is 26.5. The quantitative estimate of drug-likeness (QED) is 0.792. The Morgan fingerprint density at radius 2 is 1.45 bits per heavy atom. The molecule has 4 rings (SSSR count). The Morgan fingerprint density at radius 3 is 2.00 bits per heavy atom. The Morgan fingerprint density at radius 1 is 0.862 bits per heavy atom. The van der Waals surface area contributed by atoms with Crippen molar-refractivity contribution in [2.75, 3.05) is 49.1 Å². The van der Waals surface area contributed by atoms with Crippen LogP contribution >= 0.6 is 0 Å². The van der Waals surface area contributed by atoms with E-state index >= 15 is 0 Å². The summed E-state index contributed by atoms with van der Waals surface area (Å²) in [5.74, 6) is 0.223. The van der Waals surface area contributed by atoms with Crippen molar-refractivity contribution in [2.24, 2.45) is 5.92 Å². The van der Waals surface area contributed by atoms with Gasteiger partial charge >= 0.3 is 0 Å². The molecule has 0 N–H and O–H groups in total. The molecule has 2 aromatic rings. The minimum absolute atomic E-state index is 0.164. The zero-order valence-electron chi connectivity index (χ0n) is 16.5. The number of aromatic nitrogens is 2. The summed E-state index contributed by atoms with van der Waals surface area (Å²) in [5.41, 5.74) is 0.164. The van der Waals surface area contributed by atoms with Gasteiger partial charge in [0, 0.05) is 44.8 Å². The van der Waals surface area contributed by atoms with Gasteiger partial charge in [-0.2, -0.15) is 0 Å². The van der Waals surface area contributed by atoms with Crippen molar-refractivity contribution >= 4 is 17.5 Å². The molecule has 2 aliphatic rings. The molecule has 29 heavy (non-hydrogen) atoms. The maximum Gasteiger partial charge on any atom is 0.254 e. The predicted octanol–water partition coefficient (Wildman–Crippen LogP) is 2.95. The summed E-state index contributed by atoms with van der Waals surface area (Å²) in [4.78, 5) is 18.5. The van der Waals surface area contributed by atoms with Crippen LogP contribution in [0.15, 0.2) is 30.3 Å². The molecule has 1 aromatic heterocycles. The van der Waals surface area contributed by atoms with Gasteiger partial charge in [0.25, 0.3) is 5.91 Å². The van der Waals surface area contributed by atoms with Gasteiger partial charge in [0.2, 0.25) is 0 Å². The average molecular weight is 401 g/mol. The highest BCUT2D eigenvalue weighted by molar-refractivity contribution is 5.94. The number of benzene rings is 1. The molecule has 0 atom stereocenters. The number of hydrogen-bond donors (Lipinski definition) is 0. The molecule has 154 valence electrons. The van der Waals surface area contributed by atoms with E-state index in [0.717, 1.165) is 42.8 Å². The molecule has 0 spiro atoms. The number of amides is 1. The van der Waals surface area contributed by atoms with Crippen LogP contribution in [0.25, 0.3) is 0 Å². The maximum absolute atomic E-state index is 13.4. The fourth-order valence-corrected chi connectivity index (χ4v) is 3.84. The molecule has 0 radical (unpaired) electrons. The molecule has 0 aliphatic carbocycles. The van der Waals surface area contributed by atoms with E-state index in [0.29, 0.717) is 26.2 Å². The van der Waals surface area contributed by atoms with Gasteiger partial charge in [0.15, 0.2) is 23.3 Å². The van der Waals surface area contributed by atoms with E-state index in [4.69, 9.17) is 0 Å². The van der Waals surface area contributed by atoms with Crippen LogP contribution in [0, 0.1) is 17.6 Å². The van der Waals surface area contributed by atoms with Crippen LogP contribution in [0.5, 0.6) is 0 Å². The molecule has 8 heteroatoms. The van der Waals surface area contributed by atoms with Crippen LogP contribution in [0.2, 0.25) is 0 Å². The van der Waals surface area contributed by atoms with Crippen LogP contribution in [-0.2, 0) is 0 Å². The monoisotopic (exact) mass is 401 g/mol. The van der Waals surface area contributed by atoms with Crippen molar-refractivity contribution in [2.45, 2.75) is 19.8 Å². The Hall–Kier alpha value is -2.77. The molecule has 3 heterocycles. The normalized spacial score (nSPS) is 18.2. The molecule has 0 saturated carbocycles. The summed E-state index contributed by atoms with van der Waals surface area (Å²) >= 11 is 0. The number of halogens is 2. The summed E-state index contributed by atoms with van der Waals surface area (Å²) in [7, 11) is 0. The van der Waals surface area contributed by atoms with Crippen molar-refractivity contribution < 1.29 is 13.6 Å². The summed E-state index contributed by atoms with van der Waals surface area (Å²) in [6.45, 7) is 6.52. The third kappa shape index (κ3) is 4.31. The first-order valence-electron chi connectivity index (χ1n) is 10.1. The van der Waals surface area contributed by atoms with Gasteiger partial charge in [-0.25, -0.2) is 8.78 Å². The van der Waals surface area contributed by atoms with Crippen LogP contribution in [0.4, 0.5) is 20.4 Å². The molecular weight excluding hydrogens is 376 g/mol. The number of piperidine rings is 1. The Bertz CT molecular complexity index is 860. The highest BCUT2D eigenvalue weighted by Gasteiger charge is 2.24. The topological polar surface area (TPSA) is 52.6 Å². The van der Waals surface area contributed by atoms with Crippen LogP contribution in [0.1, 0.15) is 30.1 Å². The minimum atomic E-state index is -1.01. The third-order valence-electron chi connectivity index (χ3n) is 5.80. The second-order valence-corrected chi connectivity index (χ2v) is 7.83. The first-order chi connectivity index (χ1) is 14.0. The highest BCUT2D eigenvalue weighted by Crippen LogP contribution is 2.22. The highest BCUT2D eigenvalue weighted by atomic mass is 19.2. The van der Waals surface area contributed by atoms with E-state index in [-0.39, 0.29) is 11.5 Å². The lowest BCUT2D eigenvalue weighted by molar-refractivity contribution is 0.0746. The number of hydrogen-bond acceptors (Lipinski definition) is 5. The molecule has 2 fully saturated rings. The van der Waals surface area contributed by atoms with E-state index in [1.807, 2.05) is 12.1 Å². The predicted molar refractivity (Wildman–Crippen MR) is 107 cm³/mol. The van der Waals surface area contributed by atoms with Gasteiger partial charge in [0.1, 0.15) is 0 Å². The maximum atomic E-state index is 13.4. The van der Waals surface area contributed by atoms with E-state index in [1.165, 1.54) is 18.9 Å². The number of piperazine rings is 1. The van der Waals surface area contributed by atoms with Crippen LogP contribution < -0.4 is 9.80 Å². The van der Waals surface area contributed by atoms with E-state index < -0.39 is 11.6 Å². The Kier molecular flexibility index (Phi) is 5.60. The van der Waals surface area contributed by atoms with Gasteiger partial charge in [-0.05, 0) is 49.1 Å². The van der Waals surface area contributed by atoms with Gasteiger partial charge in [-0.1, -0.05) is 6.92 Å². The second kappa shape index (κ2) is 8.31. The molecule has 2 saturated heterocycles. The lowest BCUT2D eigenvalue weighted by Crippen LogP contribution is -2.49. The van der Waals surface area contributed by atoms with Crippen molar-refractivity contribution in [3.63, 3.8) is 0 Å². The first kappa shape index (κ1) is 19.5. The summed E-state index contributed by atoms with van der Waals surface area (Å²) in [6, 6.07) is 7.25. The number of rotatable bonds is 3.